The lowest BCUT2D eigenvalue weighted by Crippen LogP contribution is -2.20. The molecule has 1 fully saturated rings. The second kappa shape index (κ2) is 8.67. The van der Waals surface area contributed by atoms with Crippen LogP contribution in [0.5, 0.6) is 5.75 Å². The Hall–Kier alpha value is -2.51. The number of halogens is 2. The molecule has 0 saturated carbocycles. The van der Waals surface area contributed by atoms with Crippen LogP contribution in [0.1, 0.15) is 17.5 Å². The molecule has 0 atom stereocenters. The van der Waals surface area contributed by atoms with Crippen LogP contribution in [0.25, 0.3) is 0 Å². The molecular weight excluding hydrogens is 388 g/mol. The smallest absolute Gasteiger partial charge is 0.387 e. The third kappa shape index (κ3) is 5.27. The molecule has 1 saturated heterocycles. The van der Waals surface area contributed by atoms with E-state index in [1.165, 1.54) is 24.3 Å². The van der Waals surface area contributed by atoms with Crippen molar-refractivity contribution in [3.8, 4) is 11.8 Å². The average molecular weight is 407 g/mol. The molecule has 0 aromatic heterocycles. The first-order chi connectivity index (χ1) is 13.4. The number of likely N-dealkylation sites (tertiary alicyclic amines) is 1. The summed E-state index contributed by atoms with van der Waals surface area (Å²) in [7, 11) is -3.37. The molecule has 0 unspecified atom stereocenters. The van der Waals surface area contributed by atoms with E-state index in [1.54, 1.807) is 24.3 Å². The van der Waals surface area contributed by atoms with Crippen molar-refractivity contribution >= 4 is 16.5 Å². The summed E-state index contributed by atoms with van der Waals surface area (Å²) >= 11 is 0. The maximum absolute atomic E-state index is 12.2. The van der Waals surface area contributed by atoms with Crippen molar-refractivity contribution in [2.75, 3.05) is 13.1 Å². The summed E-state index contributed by atoms with van der Waals surface area (Å²) in [6.07, 6.45) is 0.598. The Kier molecular flexibility index (Phi) is 6.26. The molecule has 28 heavy (non-hydrogen) atoms. The number of nitriles is 1. The normalized spacial score (nSPS) is 17.1. The number of rotatable bonds is 6. The fraction of sp³-hybridized carbons (Fsp3) is 0.263. The van der Waals surface area contributed by atoms with Crippen LogP contribution in [0.3, 0.4) is 0 Å². The summed E-state index contributed by atoms with van der Waals surface area (Å²) in [6, 6.07) is 14.5. The van der Waals surface area contributed by atoms with Gasteiger partial charge in [-0.1, -0.05) is 29.0 Å². The summed E-state index contributed by atoms with van der Waals surface area (Å²) in [5.41, 5.74) is 1.93. The molecular formula is C19H19F2N3O3S. The predicted octanol–water partition coefficient (Wildman–Crippen LogP) is 4.53. The summed E-state index contributed by atoms with van der Waals surface area (Å²) in [6.45, 7) is -1.10. The van der Waals surface area contributed by atoms with Crippen molar-refractivity contribution in [2.45, 2.75) is 24.5 Å². The lowest BCUT2D eigenvalue weighted by molar-refractivity contribution is -0.0498. The van der Waals surface area contributed by atoms with Gasteiger partial charge in [0.25, 0.3) is 0 Å². The molecule has 0 radical (unpaired) electrons. The first-order valence-corrected chi connectivity index (χ1v) is 9.98. The number of ether oxygens (including phenoxy) is 1. The molecule has 0 aliphatic carbocycles. The van der Waals surface area contributed by atoms with Crippen LogP contribution in [-0.2, 0) is 6.54 Å². The van der Waals surface area contributed by atoms with Crippen LogP contribution in [0, 0.1) is 11.3 Å². The predicted molar refractivity (Wildman–Crippen MR) is 103 cm³/mol. The Morgan fingerprint density at radius 1 is 1.21 bits per heavy atom. The number of nitrogens with zero attached hydrogens (tertiary/aromatic N) is 3. The molecule has 0 spiro atoms. The van der Waals surface area contributed by atoms with E-state index in [0.29, 0.717) is 37.3 Å². The van der Waals surface area contributed by atoms with Gasteiger partial charge in [0.05, 0.1) is 22.2 Å². The second-order valence-electron chi connectivity index (χ2n) is 6.30. The summed E-state index contributed by atoms with van der Waals surface area (Å²) < 4.78 is 53.7. The van der Waals surface area contributed by atoms with Gasteiger partial charge in [0, 0.05) is 26.1 Å². The van der Waals surface area contributed by atoms with Gasteiger partial charge in [-0.05, 0) is 35.9 Å². The molecule has 1 heterocycles. The van der Waals surface area contributed by atoms with E-state index < -0.39 is 17.4 Å². The fourth-order valence-electron chi connectivity index (χ4n) is 2.92. The zero-order valence-corrected chi connectivity index (χ0v) is 15.6. The molecule has 1 aliphatic rings. The van der Waals surface area contributed by atoms with Gasteiger partial charge < -0.3 is 4.74 Å². The third-order valence-electron chi connectivity index (χ3n) is 4.21. The monoisotopic (exact) mass is 407 g/mol. The molecule has 9 heteroatoms. The van der Waals surface area contributed by atoms with E-state index in [-0.39, 0.29) is 10.6 Å². The van der Waals surface area contributed by atoms with Gasteiger partial charge >= 0.3 is 6.61 Å². The number of benzene rings is 2. The van der Waals surface area contributed by atoms with E-state index in [2.05, 4.69) is 14.0 Å². The zero-order valence-electron chi connectivity index (χ0n) is 14.8. The van der Waals surface area contributed by atoms with E-state index in [4.69, 9.17) is 5.26 Å². The van der Waals surface area contributed by atoms with Crippen LogP contribution in [-0.4, -0.2) is 39.4 Å². The molecule has 2 aromatic rings. The summed E-state index contributed by atoms with van der Waals surface area (Å²) in [5.74, 6) is 0.107. The molecule has 148 valence electrons. The first kappa shape index (κ1) is 20.2. The standard InChI is InChI=1S/C19H19F2N3O3S/c20-19(21)27-17-6-4-14(5-7-17)12-24-9-8-16(13-24)23-28(25,26)18-3-1-2-15(10-18)11-22/h1-7,10,19,25-26H,8-9,12-13H2. The van der Waals surface area contributed by atoms with E-state index >= 15 is 0 Å². The second-order valence-corrected chi connectivity index (χ2v) is 7.99. The number of hydrogen-bond donors (Lipinski definition) is 2. The molecule has 3 rings (SSSR count). The lowest BCUT2D eigenvalue weighted by Gasteiger charge is -2.27. The fourth-order valence-corrected chi connectivity index (χ4v) is 4.08. The summed E-state index contributed by atoms with van der Waals surface area (Å²) in [4.78, 5) is 2.29. The Labute approximate surface area is 163 Å². The highest BCUT2D eigenvalue weighted by molar-refractivity contribution is 8.23. The van der Waals surface area contributed by atoms with Gasteiger partial charge in [-0.25, -0.2) is 0 Å². The van der Waals surface area contributed by atoms with Gasteiger partial charge in [0.1, 0.15) is 5.75 Å². The highest BCUT2D eigenvalue weighted by atomic mass is 32.3. The first-order valence-electron chi connectivity index (χ1n) is 8.48. The van der Waals surface area contributed by atoms with Gasteiger partial charge in [-0.2, -0.15) is 18.4 Å². The molecule has 2 N–H and O–H groups in total. The number of alkyl halides is 2. The van der Waals surface area contributed by atoms with Gasteiger partial charge in [0.2, 0.25) is 0 Å². The highest BCUT2D eigenvalue weighted by Gasteiger charge is 2.22. The minimum atomic E-state index is -3.37. The third-order valence-corrected chi connectivity index (χ3v) is 5.61. The Morgan fingerprint density at radius 3 is 2.64 bits per heavy atom. The van der Waals surface area contributed by atoms with Crippen molar-refractivity contribution in [1.82, 2.24) is 4.90 Å². The van der Waals surface area contributed by atoms with Crippen LogP contribution in [0.4, 0.5) is 8.78 Å². The topological polar surface area (TPSA) is 89.1 Å². The molecule has 1 aliphatic heterocycles. The van der Waals surface area contributed by atoms with Gasteiger partial charge in [-0.15, -0.1) is 0 Å². The quantitative estimate of drug-likeness (QED) is 0.734. The Bertz CT molecular complexity index is 898. The Morgan fingerprint density at radius 2 is 1.96 bits per heavy atom. The SMILES string of the molecule is N#Cc1cccc(S(O)(O)N=C2CCN(Cc3ccc(OC(F)F)cc3)C2)c1. The summed E-state index contributed by atoms with van der Waals surface area (Å²) in [5, 5.41) is 8.96. The highest BCUT2D eigenvalue weighted by Crippen LogP contribution is 2.50. The van der Waals surface area contributed by atoms with E-state index in [9.17, 15) is 17.9 Å². The van der Waals surface area contributed by atoms with Crippen LogP contribution in [0.15, 0.2) is 57.8 Å². The maximum Gasteiger partial charge on any atom is 0.387 e. The van der Waals surface area contributed by atoms with Crippen molar-refractivity contribution in [1.29, 1.82) is 5.26 Å². The molecule has 2 aromatic carbocycles. The Balaban J connectivity index is 1.63. The van der Waals surface area contributed by atoms with E-state index in [1.807, 2.05) is 6.07 Å². The minimum absolute atomic E-state index is 0.107. The van der Waals surface area contributed by atoms with Gasteiger partial charge in [-0.3, -0.25) is 14.0 Å². The molecule has 0 amide bonds. The van der Waals surface area contributed by atoms with Crippen molar-refractivity contribution in [3.63, 3.8) is 0 Å². The van der Waals surface area contributed by atoms with Crippen molar-refractivity contribution in [2.24, 2.45) is 4.40 Å². The largest absolute Gasteiger partial charge is 0.435 e. The molecule has 6 nitrogen and oxygen atoms in total. The van der Waals surface area contributed by atoms with E-state index in [0.717, 1.165) is 5.56 Å². The maximum atomic E-state index is 12.2. The van der Waals surface area contributed by atoms with Crippen LogP contribution >= 0.6 is 10.8 Å². The van der Waals surface area contributed by atoms with Crippen molar-refractivity contribution in [3.05, 3.63) is 59.7 Å². The minimum Gasteiger partial charge on any atom is -0.435 e. The number of hydrogen-bond acceptors (Lipinski definition) is 6. The average Bonchev–Trinajstić information content (AvgIpc) is 3.09. The van der Waals surface area contributed by atoms with Crippen LogP contribution < -0.4 is 4.74 Å². The molecule has 0 bridgehead atoms. The van der Waals surface area contributed by atoms with Crippen molar-refractivity contribution < 1.29 is 22.6 Å². The van der Waals surface area contributed by atoms with Gasteiger partial charge in [0.15, 0.2) is 0 Å². The zero-order chi connectivity index (χ0) is 20.1. The van der Waals surface area contributed by atoms with Crippen LogP contribution in [0.2, 0.25) is 0 Å². The lowest BCUT2D eigenvalue weighted by atomic mass is 10.2.